The monoisotopic (exact) mass is 305 g/mol. The van der Waals surface area contributed by atoms with Crippen LogP contribution in [0.3, 0.4) is 0 Å². The zero-order valence-corrected chi connectivity index (χ0v) is 9.11. The molecule has 0 aliphatic carbocycles. The third-order valence-electron chi connectivity index (χ3n) is 1.76. The van der Waals surface area contributed by atoms with Gasteiger partial charge in [0.1, 0.15) is 10.3 Å². The molecule has 1 aromatic heterocycles. The van der Waals surface area contributed by atoms with Gasteiger partial charge in [-0.05, 0) is 22.0 Å². The second-order valence-corrected chi connectivity index (χ2v) is 3.58. The maximum Gasteiger partial charge on any atom is 0.418 e. The number of aromatic nitrogens is 1. The average molecular weight is 306 g/mol. The number of hydrogen-bond acceptors (Lipinski definition) is 2. The number of nitrogens with zero attached hydrogens (tertiary/aromatic N) is 1. The summed E-state index contributed by atoms with van der Waals surface area (Å²) < 4.78 is 61.6. The van der Waals surface area contributed by atoms with Crippen LogP contribution in [0.15, 0.2) is 10.7 Å². The van der Waals surface area contributed by atoms with Gasteiger partial charge in [-0.25, -0.2) is 13.8 Å². The maximum atomic E-state index is 12.4. The molecule has 16 heavy (non-hydrogen) atoms. The van der Waals surface area contributed by atoms with Gasteiger partial charge in [-0.1, -0.05) is 0 Å². The normalized spacial score (nSPS) is 12.2. The van der Waals surface area contributed by atoms with E-state index in [-0.39, 0.29) is 10.2 Å². The topological polar surface area (TPSA) is 33.1 Å². The van der Waals surface area contributed by atoms with Crippen molar-refractivity contribution in [3.63, 3.8) is 0 Å². The van der Waals surface area contributed by atoms with E-state index in [0.29, 0.717) is 6.07 Å². The molecule has 1 rings (SSSR count). The van der Waals surface area contributed by atoms with Crippen LogP contribution in [0.2, 0.25) is 0 Å². The van der Waals surface area contributed by atoms with Gasteiger partial charge in [0.15, 0.2) is 0 Å². The molecule has 8 heteroatoms. The number of pyridine rings is 1. The minimum atomic E-state index is -4.93. The molecule has 1 heterocycles. The summed E-state index contributed by atoms with van der Waals surface area (Å²) in [5.41, 5.74) is -3.08. The third-order valence-corrected chi connectivity index (χ3v) is 2.45. The lowest BCUT2D eigenvalue weighted by Gasteiger charge is -2.13. The molecule has 1 aromatic rings. The first-order valence-electron chi connectivity index (χ1n) is 3.93. The van der Waals surface area contributed by atoms with E-state index in [1.54, 1.807) is 0 Å². The highest BCUT2D eigenvalue weighted by Gasteiger charge is 2.37. The molecular formula is C8H5BrF5NO. The summed E-state index contributed by atoms with van der Waals surface area (Å²) in [7, 11) is 0. The SMILES string of the molecule is OCc1cc(C(F)(F)F)c(C(F)F)nc1Br. The van der Waals surface area contributed by atoms with Gasteiger partial charge in [-0.3, -0.25) is 0 Å². The van der Waals surface area contributed by atoms with Gasteiger partial charge < -0.3 is 5.11 Å². The Morgan fingerprint density at radius 1 is 1.38 bits per heavy atom. The van der Waals surface area contributed by atoms with Crippen LogP contribution >= 0.6 is 15.9 Å². The molecule has 0 bridgehead atoms. The van der Waals surface area contributed by atoms with Crippen molar-refractivity contribution < 1.29 is 27.1 Å². The molecular weight excluding hydrogens is 301 g/mol. The van der Waals surface area contributed by atoms with E-state index in [1.807, 2.05) is 0 Å². The highest BCUT2D eigenvalue weighted by Crippen LogP contribution is 2.37. The molecule has 2 nitrogen and oxygen atoms in total. The molecule has 0 atom stereocenters. The van der Waals surface area contributed by atoms with Crippen molar-refractivity contribution in [2.45, 2.75) is 19.2 Å². The molecule has 0 unspecified atom stereocenters. The highest BCUT2D eigenvalue weighted by atomic mass is 79.9. The summed E-state index contributed by atoms with van der Waals surface area (Å²) in [6, 6.07) is 0.457. The smallest absolute Gasteiger partial charge is 0.392 e. The Hall–Kier alpha value is -0.760. The molecule has 0 aliphatic rings. The molecule has 0 saturated heterocycles. The van der Waals surface area contributed by atoms with Gasteiger partial charge in [-0.15, -0.1) is 0 Å². The lowest BCUT2D eigenvalue weighted by molar-refractivity contribution is -0.140. The summed E-state index contributed by atoms with van der Waals surface area (Å²) in [5.74, 6) is 0. The van der Waals surface area contributed by atoms with Crippen molar-refractivity contribution in [3.05, 3.63) is 27.5 Å². The van der Waals surface area contributed by atoms with E-state index < -0.39 is 30.5 Å². The molecule has 0 amide bonds. The Bertz CT molecular complexity index is 393. The van der Waals surface area contributed by atoms with E-state index in [2.05, 4.69) is 20.9 Å². The summed E-state index contributed by atoms with van der Waals surface area (Å²) in [6.07, 6.45) is -8.26. The van der Waals surface area contributed by atoms with Crippen molar-refractivity contribution in [1.29, 1.82) is 0 Å². The highest BCUT2D eigenvalue weighted by molar-refractivity contribution is 9.10. The van der Waals surface area contributed by atoms with Crippen molar-refractivity contribution in [3.8, 4) is 0 Å². The zero-order valence-electron chi connectivity index (χ0n) is 7.52. The van der Waals surface area contributed by atoms with Gasteiger partial charge in [0, 0.05) is 5.56 Å². The van der Waals surface area contributed by atoms with Gasteiger partial charge >= 0.3 is 6.18 Å². The first-order chi connectivity index (χ1) is 7.27. The van der Waals surface area contributed by atoms with Crippen LogP contribution in [-0.4, -0.2) is 10.1 Å². The number of halogens is 6. The third kappa shape index (κ3) is 2.67. The Morgan fingerprint density at radius 3 is 2.31 bits per heavy atom. The number of hydrogen-bond donors (Lipinski definition) is 1. The summed E-state index contributed by atoms with van der Waals surface area (Å²) >= 11 is 2.70. The summed E-state index contributed by atoms with van der Waals surface area (Å²) in [4.78, 5) is 3.10. The number of aliphatic hydroxyl groups excluding tert-OH is 1. The van der Waals surface area contributed by atoms with E-state index in [4.69, 9.17) is 5.11 Å². The van der Waals surface area contributed by atoms with Crippen LogP contribution in [0, 0.1) is 0 Å². The molecule has 90 valence electrons. The maximum absolute atomic E-state index is 12.4. The van der Waals surface area contributed by atoms with Crippen LogP contribution in [0.25, 0.3) is 0 Å². The molecule has 0 fully saturated rings. The Morgan fingerprint density at radius 2 is 1.94 bits per heavy atom. The van der Waals surface area contributed by atoms with Gasteiger partial charge in [0.2, 0.25) is 0 Å². The average Bonchev–Trinajstić information content (AvgIpc) is 2.15. The van der Waals surface area contributed by atoms with E-state index in [9.17, 15) is 22.0 Å². The van der Waals surface area contributed by atoms with Crippen molar-refractivity contribution in [1.82, 2.24) is 4.98 Å². The standard InChI is InChI=1S/C8H5BrF5NO/c9-6-3(2-16)1-4(8(12,13)14)5(15-6)7(10)11/h1,7,16H,2H2. The van der Waals surface area contributed by atoms with Crippen molar-refractivity contribution in [2.24, 2.45) is 0 Å². The summed E-state index contributed by atoms with van der Waals surface area (Å²) in [5, 5.41) is 8.71. The second kappa shape index (κ2) is 4.62. The zero-order chi connectivity index (χ0) is 12.5. The Labute approximate surface area is 95.2 Å². The lowest BCUT2D eigenvalue weighted by atomic mass is 10.1. The first kappa shape index (κ1) is 13.3. The molecule has 0 aromatic carbocycles. The fourth-order valence-corrected chi connectivity index (χ4v) is 1.48. The van der Waals surface area contributed by atoms with E-state index in [0.717, 1.165) is 0 Å². The molecule has 0 saturated carbocycles. The van der Waals surface area contributed by atoms with Crippen molar-refractivity contribution >= 4 is 15.9 Å². The quantitative estimate of drug-likeness (QED) is 0.672. The number of alkyl halides is 5. The van der Waals surface area contributed by atoms with E-state index >= 15 is 0 Å². The van der Waals surface area contributed by atoms with Crippen LogP contribution in [-0.2, 0) is 12.8 Å². The minimum absolute atomic E-state index is 0.197. The van der Waals surface area contributed by atoms with Crippen LogP contribution in [0.1, 0.15) is 23.2 Å². The first-order valence-corrected chi connectivity index (χ1v) is 4.72. The van der Waals surface area contributed by atoms with Crippen LogP contribution in [0.4, 0.5) is 22.0 Å². The van der Waals surface area contributed by atoms with Crippen molar-refractivity contribution in [2.75, 3.05) is 0 Å². The lowest BCUT2D eigenvalue weighted by Crippen LogP contribution is -2.13. The molecule has 0 spiro atoms. The van der Waals surface area contributed by atoms with Gasteiger partial charge in [0.25, 0.3) is 6.43 Å². The fourth-order valence-electron chi connectivity index (χ4n) is 1.05. The van der Waals surface area contributed by atoms with Crippen LogP contribution in [0.5, 0.6) is 0 Å². The molecule has 0 aliphatic heterocycles. The van der Waals surface area contributed by atoms with E-state index in [1.165, 1.54) is 0 Å². The number of aliphatic hydroxyl groups is 1. The largest absolute Gasteiger partial charge is 0.418 e. The fraction of sp³-hybridized carbons (Fsp3) is 0.375. The molecule has 1 N–H and O–H groups in total. The van der Waals surface area contributed by atoms with Gasteiger partial charge in [-0.2, -0.15) is 13.2 Å². The molecule has 0 radical (unpaired) electrons. The van der Waals surface area contributed by atoms with Gasteiger partial charge in [0.05, 0.1) is 12.2 Å². The second-order valence-electron chi connectivity index (χ2n) is 2.83. The predicted octanol–water partition coefficient (Wildman–Crippen LogP) is 3.29. The Balaban J connectivity index is 3.43. The number of rotatable bonds is 2. The van der Waals surface area contributed by atoms with Crippen LogP contribution < -0.4 is 0 Å². The predicted molar refractivity (Wildman–Crippen MR) is 47.8 cm³/mol. The minimum Gasteiger partial charge on any atom is -0.392 e. The summed E-state index contributed by atoms with van der Waals surface area (Å²) in [6.45, 7) is -0.722. The Kier molecular flexibility index (Phi) is 3.84.